The number of carbonyl (C=O) groups excluding carboxylic acids is 1. The van der Waals surface area contributed by atoms with Crippen molar-refractivity contribution in [1.29, 1.82) is 0 Å². The molecule has 0 aliphatic rings. The van der Waals surface area contributed by atoms with Gasteiger partial charge in [0.2, 0.25) is 5.78 Å². The van der Waals surface area contributed by atoms with E-state index < -0.39 is 11.5 Å². The average molecular weight is 222 g/mol. The molecule has 84 valence electrons. The molecule has 2 aromatic rings. The summed E-state index contributed by atoms with van der Waals surface area (Å²) in [6, 6.07) is 0. The van der Waals surface area contributed by atoms with E-state index in [1.807, 2.05) is 0 Å². The fraction of sp³-hybridized carbons (Fsp3) is 0.333. The maximum atomic E-state index is 11.8. The molecule has 0 aliphatic heterocycles. The van der Waals surface area contributed by atoms with Gasteiger partial charge in [-0.05, 0) is 6.92 Å². The third-order valence-corrected chi connectivity index (χ3v) is 2.09. The Kier molecular flexibility index (Phi) is 2.43. The van der Waals surface area contributed by atoms with E-state index in [1.54, 1.807) is 18.5 Å². The van der Waals surface area contributed by atoms with Crippen molar-refractivity contribution in [3.05, 3.63) is 28.4 Å². The summed E-state index contributed by atoms with van der Waals surface area (Å²) in [5.41, 5.74) is -0.577. The van der Waals surface area contributed by atoms with E-state index in [0.717, 1.165) is 4.52 Å². The van der Waals surface area contributed by atoms with Crippen molar-refractivity contribution in [2.24, 2.45) is 7.05 Å². The molecular formula is C9H10N4O3. The molecule has 2 heterocycles. The maximum Gasteiger partial charge on any atom is 0.345 e. The van der Waals surface area contributed by atoms with Gasteiger partial charge in [-0.3, -0.25) is 4.79 Å². The van der Waals surface area contributed by atoms with Crippen LogP contribution in [0.15, 0.2) is 17.3 Å². The molecule has 0 radical (unpaired) electrons. The van der Waals surface area contributed by atoms with Gasteiger partial charge in [0.25, 0.3) is 5.56 Å². The normalized spacial score (nSPS) is 10.6. The highest BCUT2D eigenvalue weighted by Gasteiger charge is 2.16. The lowest BCUT2D eigenvalue weighted by Crippen LogP contribution is -2.26. The first-order chi connectivity index (χ1) is 7.65. The zero-order valence-corrected chi connectivity index (χ0v) is 8.88. The van der Waals surface area contributed by atoms with Crippen molar-refractivity contribution in [2.75, 3.05) is 6.61 Å². The Balaban J connectivity index is 2.67. The van der Waals surface area contributed by atoms with Gasteiger partial charge in [-0.25, -0.2) is 4.79 Å². The Labute approximate surface area is 90.3 Å². The Bertz CT molecular complexity index is 598. The second kappa shape index (κ2) is 3.76. The van der Waals surface area contributed by atoms with E-state index in [9.17, 15) is 9.59 Å². The molecule has 16 heavy (non-hydrogen) atoms. The van der Waals surface area contributed by atoms with E-state index in [0.29, 0.717) is 5.78 Å². The number of carbonyl (C=O) groups is 1. The van der Waals surface area contributed by atoms with Gasteiger partial charge in [0.1, 0.15) is 11.9 Å². The Morgan fingerprint density at radius 3 is 3.00 bits per heavy atom. The fourth-order valence-corrected chi connectivity index (χ4v) is 1.39. The molecule has 0 fully saturated rings. The third-order valence-electron chi connectivity index (χ3n) is 2.09. The van der Waals surface area contributed by atoms with Crippen LogP contribution in [0.1, 0.15) is 17.3 Å². The molecule has 0 unspecified atom stereocenters. The summed E-state index contributed by atoms with van der Waals surface area (Å²) in [4.78, 5) is 27.2. The molecule has 7 heteroatoms. The fourth-order valence-electron chi connectivity index (χ4n) is 1.39. The summed E-state index contributed by atoms with van der Waals surface area (Å²) in [6.45, 7) is 1.90. The number of ether oxygens (including phenoxy) is 1. The minimum atomic E-state index is -0.652. The third kappa shape index (κ3) is 1.46. The standard InChI is InChI=1S/C9H10N4O3/c1-3-16-8(15)6-4-12(2)9-10-5-11-13(9)7(6)14/h4-5H,3H2,1-2H3. The van der Waals surface area contributed by atoms with Crippen LogP contribution in [-0.4, -0.2) is 31.7 Å². The van der Waals surface area contributed by atoms with Gasteiger partial charge in [0, 0.05) is 13.2 Å². The van der Waals surface area contributed by atoms with Crippen molar-refractivity contribution >= 4 is 11.7 Å². The SMILES string of the molecule is CCOC(=O)c1cn(C)c2ncnn2c1=O. The number of hydrogen-bond donors (Lipinski definition) is 0. The number of nitrogens with zero attached hydrogens (tertiary/aromatic N) is 4. The van der Waals surface area contributed by atoms with E-state index in [2.05, 4.69) is 10.1 Å². The Morgan fingerprint density at radius 2 is 2.31 bits per heavy atom. The van der Waals surface area contributed by atoms with Gasteiger partial charge in [-0.2, -0.15) is 14.6 Å². The first-order valence-corrected chi connectivity index (χ1v) is 4.71. The van der Waals surface area contributed by atoms with Gasteiger partial charge >= 0.3 is 5.97 Å². The van der Waals surface area contributed by atoms with Crippen LogP contribution in [0.2, 0.25) is 0 Å². The molecule has 0 spiro atoms. The van der Waals surface area contributed by atoms with Crippen LogP contribution in [-0.2, 0) is 11.8 Å². The summed E-state index contributed by atoms with van der Waals surface area (Å²) in [5.74, 6) is -0.279. The number of esters is 1. The number of aromatic nitrogens is 4. The summed E-state index contributed by atoms with van der Waals surface area (Å²) in [5, 5.41) is 3.75. The lowest BCUT2D eigenvalue weighted by molar-refractivity contribution is 0.0523. The molecule has 0 aromatic carbocycles. The summed E-state index contributed by atoms with van der Waals surface area (Å²) in [7, 11) is 1.67. The van der Waals surface area contributed by atoms with Crippen LogP contribution in [0.5, 0.6) is 0 Å². The first-order valence-electron chi connectivity index (χ1n) is 4.71. The highest BCUT2D eigenvalue weighted by molar-refractivity contribution is 5.88. The number of aryl methyl sites for hydroxylation is 1. The van der Waals surface area contributed by atoms with Gasteiger partial charge in [0.05, 0.1) is 6.61 Å². The second-order valence-electron chi connectivity index (χ2n) is 3.15. The zero-order valence-electron chi connectivity index (χ0n) is 8.88. The highest BCUT2D eigenvalue weighted by atomic mass is 16.5. The lowest BCUT2D eigenvalue weighted by Gasteiger charge is -2.04. The van der Waals surface area contributed by atoms with Gasteiger partial charge < -0.3 is 9.30 Å². The van der Waals surface area contributed by atoms with E-state index in [-0.39, 0.29) is 12.2 Å². The molecule has 2 rings (SSSR count). The van der Waals surface area contributed by atoms with Crippen molar-refractivity contribution in [3.63, 3.8) is 0 Å². The van der Waals surface area contributed by atoms with Crippen LogP contribution in [0, 0.1) is 0 Å². The number of hydrogen-bond acceptors (Lipinski definition) is 5. The molecule has 0 atom stereocenters. The molecule has 2 aromatic heterocycles. The van der Waals surface area contributed by atoms with Gasteiger partial charge in [-0.15, -0.1) is 0 Å². The van der Waals surface area contributed by atoms with E-state index in [4.69, 9.17) is 4.74 Å². The van der Waals surface area contributed by atoms with Crippen molar-refractivity contribution < 1.29 is 9.53 Å². The predicted octanol–water partition coefficient (Wildman–Crippen LogP) is -0.395. The monoisotopic (exact) mass is 222 g/mol. The zero-order chi connectivity index (χ0) is 11.7. The Morgan fingerprint density at radius 1 is 1.56 bits per heavy atom. The second-order valence-corrected chi connectivity index (χ2v) is 3.15. The minimum absolute atomic E-state index is 0.0534. The van der Waals surface area contributed by atoms with E-state index >= 15 is 0 Å². The van der Waals surface area contributed by atoms with Crippen molar-refractivity contribution in [1.82, 2.24) is 19.2 Å². The molecular weight excluding hydrogens is 212 g/mol. The summed E-state index contributed by atoms with van der Waals surface area (Å²) < 4.78 is 7.38. The average Bonchev–Trinajstić information content (AvgIpc) is 2.73. The highest BCUT2D eigenvalue weighted by Crippen LogP contribution is 1.99. The molecule has 7 nitrogen and oxygen atoms in total. The van der Waals surface area contributed by atoms with Crippen LogP contribution in [0.3, 0.4) is 0 Å². The summed E-state index contributed by atoms with van der Waals surface area (Å²) >= 11 is 0. The molecule has 0 saturated heterocycles. The molecule has 0 bridgehead atoms. The van der Waals surface area contributed by atoms with Crippen LogP contribution in [0.25, 0.3) is 5.78 Å². The topological polar surface area (TPSA) is 78.5 Å². The smallest absolute Gasteiger partial charge is 0.345 e. The predicted molar refractivity (Wildman–Crippen MR) is 54.2 cm³/mol. The van der Waals surface area contributed by atoms with Crippen LogP contribution >= 0.6 is 0 Å². The molecule has 0 amide bonds. The maximum absolute atomic E-state index is 11.8. The number of rotatable bonds is 2. The van der Waals surface area contributed by atoms with Crippen molar-refractivity contribution in [3.8, 4) is 0 Å². The molecule has 0 N–H and O–H groups in total. The molecule has 0 saturated carbocycles. The minimum Gasteiger partial charge on any atom is -0.462 e. The summed E-state index contributed by atoms with van der Waals surface area (Å²) in [6.07, 6.45) is 2.65. The van der Waals surface area contributed by atoms with Gasteiger partial charge in [-0.1, -0.05) is 0 Å². The number of fused-ring (bicyclic) bond motifs is 1. The van der Waals surface area contributed by atoms with Crippen LogP contribution < -0.4 is 5.56 Å². The largest absolute Gasteiger partial charge is 0.462 e. The first kappa shape index (κ1) is 10.3. The van der Waals surface area contributed by atoms with E-state index in [1.165, 1.54) is 12.5 Å². The van der Waals surface area contributed by atoms with Crippen LogP contribution in [0.4, 0.5) is 0 Å². The molecule has 0 aliphatic carbocycles. The van der Waals surface area contributed by atoms with Crippen molar-refractivity contribution in [2.45, 2.75) is 6.92 Å². The quantitative estimate of drug-likeness (QED) is 0.646. The van der Waals surface area contributed by atoms with Gasteiger partial charge in [0.15, 0.2) is 0 Å². The lowest BCUT2D eigenvalue weighted by atomic mass is 10.3. The Hall–Kier alpha value is -2.18.